The Hall–Kier alpha value is -0.640. The largest absolute Gasteiger partial charge is 0.389 e. The molecule has 4 heteroatoms. The molecule has 100 valence electrons. The van der Waals surface area contributed by atoms with E-state index in [1.165, 1.54) is 12.5 Å². The van der Waals surface area contributed by atoms with Gasteiger partial charge in [0.05, 0.1) is 10.6 Å². The van der Waals surface area contributed by atoms with Crippen molar-refractivity contribution in [3.63, 3.8) is 0 Å². The normalized spacial score (nSPS) is 18.8. The molecule has 1 aliphatic rings. The van der Waals surface area contributed by atoms with Gasteiger partial charge in [-0.05, 0) is 24.5 Å². The summed E-state index contributed by atoms with van der Waals surface area (Å²) in [5.41, 5.74) is 0.133. The van der Waals surface area contributed by atoms with Gasteiger partial charge < -0.3 is 10.4 Å². The standard InChI is InChI=1S/C14H19ClFNO/c15-13-11(5-4-6-12(13)16)9-17-10-14(18)7-2-1-3-8-14/h4-6,17-18H,1-3,7-10H2. The minimum atomic E-state index is -0.599. The van der Waals surface area contributed by atoms with Crippen LogP contribution in [0.25, 0.3) is 0 Å². The maximum absolute atomic E-state index is 13.2. The predicted molar refractivity (Wildman–Crippen MR) is 71.2 cm³/mol. The molecule has 0 atom stereocenters. The summed E-state index contributed by atoms with van der Waals surface area (Å²) >= 11 is 5.87. The van der Waals surface area contributed by atoms with E-state index in [-0.39, 0.29) is 5.02 Å². The van der Waals surface area contributed by atoms with Crippen LogP contribution in [0.1, 0.15) is 37.7 Å². The summed E-state index contributed by atoms with van der Waals surface area (Å²) in [5, 5.41) is 13.6. The van der Waals surface area contributed by atoms with E-state index in [4.69, 9.17) is 11.6 Å². The third-order valence-electron chi connectivity index (χ3n) is 3.59. The number of hydrogen-bond acceptors (Lipinski definition) is 2. The van der Waals surface area contributed by atoms with Crippen LogP contribution in [-0.2, 0) is 6.54 Å². The number of rotatable bonds is 4. The van der Waals surface area contributed by atoms with Gasteiger partial charge in [0.25, 0.3) is 0 Å². The SMILES string of the molecule is OC1(CNCc2cccc(F)c2Cl)CCCCC1. The van der Waals surface area contributed by atoms with Crippen LogP contribution in [0.4, 0.5) is 4.39 Å². The molecule has 0 aliphatic heterocycles. The first-order valence-corrected chi connectivity index (χ1v) is 6.84. The molecule has 0 spiro atoms. The molecule has 2 rings (SSSR count). The second-order valence-corrected chi connectivity index (χ2v) is 5.48. The van der Waals surface area contributed by atoms with Gasteiger partial charge in [-0.1, -0.05) is 43.0 Å². The summed E-state index contributed by atoms with van der Waals surface area (Å²) in [7, 11) is 0. The lowest BCUT2D eigenvalue weighted by Gasteiger charge is -2.32. The molecule has 2 nitrogen and oxygen atoms in total. The molecule has 1 aliphatic carbocycles. The smallest absolute Gasteiger partial charge is 0.142 e. The lowest BCUT2D eigenvalue weighted by Crippen LogP contribution is -2.41. The quantitative estimate of drug-likeness (QED) is 0.881. The molecule has 1 fully saturated rings. The molecule has 0 saturated heterocycles. The fourth-order valence-corrected chi connectivity index (χ4v) is 2.69. The highest BCUT2D eigenvalue weighted by Crippen LogP contribution is 2.27. The van der Waals surface area contributed by atoms with Crippen molar-refractivity contribution in [1.82, 2.24) is 5.32 Å². The Labute approximate surface area is 112 Å². The van der Waals surface area contributed by atoms with Crippen molar-refractivity contribution in [3.05, 3.63) is 34.6 Å². The van der Waals surface area contributed by atoms with Gasteiger partial charge in [-0.3, -0.25) is 0 Å². The van der Waals surface area contributed by atoms with Crippen molar-refractivity contribution in [2.45, 2.75) is 44.2 Å². The Bertz CT molecular complexity index is 405. The minimum Gasteiger partial charge on any atom is -0.389 e. The molecule has 0 bridgehead atoms. The molecule has 1 aromatic rings. The Kier molecular flexibility index (Phi) is 4.60. The van der Waals surface area contributed by atoms with E-state index in [1.54, 1.807) is 12.1 Å². The number of halogens is 2. The van der Waals surface area contributed by atoms with Gasteiger partial charge in [-0.2, -0.15) is 0 Å². The Morgan fingerprint density at radius 3 is 2.72 bits per heavy atom. The molecule has 0 amide bonds. The van der Waals surface area contributed by atoms with Crippen molar-refractivity contribution < 1.29 is 9.50 Å². The monoisotopic (exact) mass is 271 g/mol. The molecule has 18 heavy (non-hydrogen) atoms. The molecule has 1 saturated carbocycles. The first kappa shape index (κ1) is 13.8. The van der Waals surface area contributed by atoms with Crippen molar-refractivity contribution in [3.8, 4) is 0 Å². The van der Waals surface area contributed by atoms with Gasteiger partial charge in [0.1, 0.15) is 5.82 Å². The van der Waals surface area contributed by atoms with Crippen LogP contribution in [0.2, 0.25) is 5.02 Å². The molecule has 1 aromatic carbocycles. The number of nitrogens with one attached hydrogen (secondary N) is 1. The van der Waals surface area contributed by atoms with Crippen LogP contribution in [0.3, 0.4) is 0 Å². The minimum absolute atomic E-state index is 0.167. The maximum atomic E-state index is 13.2. The van der Waals surface area contributed by atoms with Crippen LogP contribution in [0.15, 0.2) is 18.2 Å². The first-order valence-electron chi connectivity index (χ1n) is 6.47. The molecular formula is C14H19ClFNO. The summed E-state index contributed by atoms with van der Waals surface area (Å²) < 4.78 is 13.2. The Morgan fingerprint density at radius 2 is 2.00 bits per heavy atom. The number of hydrogen-bond donors (Lipinski definition) is 2. The lowest BCUT2D eigenvalue weighted by molar-refractivity contribution is 0.00467. The summed E-state index contributed by atoms with van der Waals surface area (Å²) in [6.45, 7) is 1.03. The van der Waals surface area contributed by atoms with Gasteiger partial charge in [-0.15, -0.1) is 0 Å². The topological polar surface area (TPSA) is 32.3 Å². The third-order valence-corrected chi connectivity index (χ3v) is 4.01. The third kappa shape index (κ3) is 3.44. The zero-order valence-electron chi connectivity index (χ0n) is 10.4. The van der Waals surface area contributed by atoms with Crippen LogP contribution in [0.5, 0.6) is 0 Å². The summed E-state index contributed by atoms with van der Waals surface area (Å²) in [6, 6.07) is 4.79. The molecule has 0 radical (unpaired) electrons. The lowest BCUT2D eigenvalue weighted by atomic mass is 9.85. The zero-order valence-corrected chi connectivity index (χ0v) is 11.1. The maximum Gasteiger partial charge on any atom is 0.142 e. The summed E-state index contributed by atoms with van der Waals surface area (Å²) in [5.74, 6) is -0.396. The average molecular weight is 272 g/mol. The van der Waals surface area contributed by atoms with Gasteiger partial charge in [0, 0.05) is 13.1 Å². The molecular weight excluding hydrogens is 253 g/mol. The van der Waals surface area contributed by atoms with Crippen LogP contribution < -0.4 is 5.32 Å². The van der Waals surface area contributed by atoms with E-state index >= 15 is 0 Å². The second-order valence-electron chi connectivity index (χ2n) is 5.10. The fourth-order valence-electron chi connectivity index (χ4n) is 2.50. The Morgan fingerprint density at radius 1 is 1.28 bits per heavy atom. The van der Waals surface area contributed by atoms with E-state index in [0.29, 0.717) is 13.1 Å². The zero-order chi connectivity index (χ0) is 13.0. The van der Waals surface area contributed by atoms with Gasteiger partial charge in [-0.25, -0.2) is 4.39 Å². The highest BCUT2D eigenvalue weighted by atomic mass is 35.5. The van der Waals surface area contributed by atoms with E-state index in [1.807, 2.05) is 0 Å². The average Bonchev–Trinajstić information content (AvgIpc) is 2.35. The molecule has 0 unspecified atom stereocenters. The van der Waals surface area contributed by atoms with Crippen molar-refractivity contribution in [2.24, 2.45) is 0 Å². The highest BCUT2D eigenvalue weighted by Gasteiger charge is 2.28. The van der Waals surface area contributed by atoms with E-state index in [9.17, 15) is 9.50 Å². The summed E-state index contributed by atoms with van der Waals surface area (Å²) in [4.78, 5) is 0. The van der Waals surface area contributed by atoms with Gasteiger partial charge in [0.2, 0.25) is 0 Å². The molecule has 0 heterocycles. The van der Waals surface area contributed by atoms with Crippen LogP contribution >= 0.6 is 11.6 Å². The molecule has 2 N–H and O–H groups in total. The second kappa shape index (κ2) is 6.00. The van der Waals surface area contributed by atoms with E-state index < -0.39 is 11.4 Å². The van der Waals surface area contributed by atoms with Gasteiger partial charge in [0.15, 0.2) is 0 Å². The Balaban J connectivity index is 1.86. The number of aliphatic hydroxyl groups is 1. The summed E-state index contributed by atoms with van der Waals surface area (Å²) in [6.07, 6.45) is 5.06. The van der Waals surface area contributed by atoms with Crippen molar-refractivity contribution in [1.29, 1.82) is 0 Å². The van der Waals surface area contributed by atoms with Crippen LogP contribution in [-0.4, -0.2) is 17.3 Å². The number of benzene rings is 1. The van der Waals surface area contributed by atoms with Crippen molar-refractivity contribution >= 4 is 11.6 Å². The fraction of sp³-hybridized carbons (Fsp3) is 0.571. The first-order chi connectivity index (χ1) is 8.61. The van der Waals surface area contributed by atoms with E-state index in [2.05, 4.69) is 5.32 Å². The molecule has 0 aromatic heterocycles. The van der Waals surface area contributed by atoms with E-state index in [0.717, 1.165) is 31.2 Å². The van der Waals surface area contributed by atoms with Crippen molar-refractivity contribution in [2.75, 3.05) is 6.54 Å². The van der Waals surface area contributed by atoms with Gasteiger partial charge >= 0.3 is 0 Å². The predicted octanol–water partition coefficient (Wildman–Crippen LogP) is 3.26. The highest BCUT2D eigenvalue weighted by molar-refractivity contribution is 6.31. The van der Waals surface area contributed by atoms with Crippen LogP contribution in [0, 0.1) is 5.82 Å².